The summed E-state index contributed by atoms with van der Waals surface area (Å²) < 4.78 is 1.63. The summed E-state index contributed by atoms with van der Waals surface area (Å²) in [5.74, 6) is 0. The summed E-state index contributed by atoms with van der Waals surface area (Å²) in [6.45, 7) is 3.41. The summed E-state index contributed by atoms with van der Waals surface area (Å²) >= 11 is 12.0. The molecule has 0 aliphatic carbocycles. The Morgan fingerprint density at radius 1 is 1.35 bits per heavy atom. The van der Waals surface area contributed by atoms with E-state index in [1.165, 1.54) is 0 Å². The van der Waals surface area contributed by atoms with Crippen LogP contribution in [0.4, 0.5) is 0 Å². The molecule has 2 rings (SSSR count). The molecule has 0 N–H and O–H groups in total. The van der Waals surface area contributed by atoms with Crippen LogP contribution in [0.1, 0.15) is 23.0 Å². The lowest BCUT2D eigenvalue weighted by Crippen LogP contribution is -2.22. The van der Waals surface area contributed by atoms with E-state index >= 15 is 0 Å². The molecule has 7 heteroatoms. The minimum atomic E-state index is -0.552. The van der Waals surface area contributed by atoms with Gasteiger partial charge in [-0.15, -0.1) is 0 Å². The Bertz CT molecular complexity index is 655. The van der Waals surface area contributed by atoms with Crippen LogP contribution in [0.25, 0.3) is 0 Å². The van der Waals surface area contributed by atoms with E-state index in [1.807, 2.05) is 19.9 Å². The number of hydrogen-bond acceptors (Lipinski definition) is 3. The summed E-state index contributed by atoms with van der Waals surface area (Å²) in [5, 5.41) is 16.2. The third-order valence-corrected chi connectivity index (χ3v) is 3.55. The minimum absolute atomic E-state index is 0.288. The number of rotatable bonds is 4. The molecule has 20 heavy (non-hydrogen) atoms. The highest BCUT2D eigenvalue weighted by Gasteiger charge is 2.24. The summed E-state index contributed by atoms with van der Waals surface area (Å²) in [5.41, 5.74) is 2.29. The van der Waals surface area contributed by atoms with Crippen LogP contribution in [0, 0.1) is 24.0 Å². The number of halogens is 2. The van der Waals surface area contributed by atoms with E-state index in [1.54, 1.807) is 22.9 Å². The molecule has 0 bridgehead atoms. The van der Waals surface area contributed by atoms with E-state index in [-0.39, 0.29) is 11.5 Å². The van der Waals surface area contributed by atoms with Crippen molar-refractivity contribution in [1.82, 2.24) is 9.78 Å². The Labute approximate surface area is 126 Å². The number of hydrogen-bond donors (Lipinski definition) is 0. The number of benzene rings is 1. The van der Waals surface area contributed by atoms with Crippen molar-refractivity contribution in [2.45, 2.75) is 19.9 Å². The van der Waals surface area contributed by atoms with Gasteiger partial charge in [-0.3, -0.25) is 14.8 Å². The zero-order chi connectivity index (χ0) is 14.9. The molecular formula is C13H13Cl2N3O2. The first-order chi connectivity index (χ1) is 9.38. The third kappa shape index (κ3) is 3.11. The molecule has 1 aromatic heterocycles. The van der Waals surface area contributed by atoms with Gasteiger partial charge in [0.1, 0.15) is 6.04 Å². The van der Waals surface area contributed by atoms with Crippen LogP contribution in [-0.4, -0.2) is 21.2 Å². The predicted molar refractivity (Wildman–Crippen MR) is 78.2 cm³/mol. The normalized spacial score (nSPS) is 12.4. The Balaban J connectivity index is 2.52. The van der Waals surface area contributed by atoms with Crippen LogP contribution in [0.2, 0.25) is 10.0 Å². The fraction of sp³-hybridized carbons (Fsp3) is 0.308. The third-order valence-electron chi connectivity index (χ3n) is 2.98. The zero-order valence-corrected chi connectivity index (χ0v) is 12.5. The van der Waals surface area contributed by atoms with E-state index in [9.17, 15) is 10.1 Å². The predicted octanol–water partition coefficient (Wildman–Crippen LogP) is 3.67. The average Bonchev–Trinajstić information content (AvgIpc) is 2.66. The lowest BCUT2D eigenvalue weighted by Gasteiger charge is -2.17. The molecule has 0 spiro atoms. The Hall–Kier alpha value is -1.59. The van der Waals surface area contributed by atoms with E-state index < -0.39 is 6.04 Å². The fourth-order valence-corrected chi connectivity index (χ4v) is 2.72. The van der Waals surface area contributed by atoms with Gasteiger partial charge in [-0.1, -0.05) is 29.3 Å². The number of aryl methyl sites for hydroxylation is 2. The Kier molecular flexibility index (Phi) is 4.30. The van der Waals surface area contributed by atoms with E-state index in [4.69, 9.17) is 23.2 Å². The number of nitrogens with zero attached hydrogens (tertiary/aromatic N) is 3. The molecule has 2 aromatic rings. The molecular weight excluding hydrogens is 301 g/mol. The van der Waals surface area contributed by atoms with Crippen LogP contribution >= 0.6 is 23.2 Å². The molecule has 0 saturated carbocycles. The lowest BCUT2D eigenvalue weighted by atomic mass is 10.1. The van der Waals surface area contributed by atoms with Crippen molar-refractivity contribution in [2.24, 2.45) is 0 Å². The van der Waals surface area contributed by atoms with Gasteiger partial charge in [0.05, 0.1) is 5.69 Å². The highest BCUT2D eigenvalue weighted by atomic mass is 35.5. The molecule has 1 heterocycles. The Morgan fingerprint density at radius 2 is 2.05 bits per heavy atom. The maximum absolute atomic E-state index is 10.9. The van der Waals surface area contributed by atoms with Crippen molar-refractivity contribution in [3.8, 4) is 0 Å². The van der Waals surface area contributed by atoms with Crippen LogP contribution < -0.4 is 0 Å². The molecule has 5 nitrogen and oxygen atoms in total. The topological polar surface area (TPSA) is 61.0 Å². The van der Waals surface area contributed by atoms with E-state index in [0.29, 0.717) is 15.6 Å². The molecule has 1 atom stereocenters. The van der Waals surface area contributed by atoms with Gasteiger partial charge < -0.3 is 0 Å². The van der Waals surface area contributed by atoms with Gasteiger partial charge in [-0.25, -0.2) is 0 Å². The van der Waals surface area contributed by atoms with Crippen LogP contribution in [0.3, 0.4) is 0 Å². The first-order valence-electron chi connectivity index (χ1n) is 5.98. The van der Waals surface area contributed by atoms with Gasteiger partial charge in [0, 0.05) is 26.2 Å². The first-order valence-corrected chi connectivity index (χ1v) is 6.73. The molecule has 106 valence electrons. The quantitative estimate of drug-likeness (QED) is 0.639. The van der Waals surface area contributed by atoms with Gasteiger partial charge >= 0.3 is 0 Å². The largest absolute Gasteiger partial charge is 0.264 e. The van der Waals surface area contributed by atoms with Crippen molar-refractivity contribution in [2.75, 3.05) is 6.54 Å². The molecule has 0 amide bonds. The second kappa shape index (κ2) is 5.81. The average molecular weight is 314 g/mol. The molecule has 0 fully saturated rings. The van der Waals surface area contributed by atoms with Crippen LogP contribution in [-0.2, 0) is 0 Å². The summed E-state index contributed by atoms with van der Waals surface area (Å²) in [6, 6.07) is 6.27. The maximum Gasteiger partial charge on any atom is 0.230 e. The van der Waals surface area contributed by atoms with Crippen molar-refractivity contribution in [3.63, 3.8) is 0 Å². The molecule has 0 aliphatic heterocycles. The van der Waals surface area contributed by atoms with Crippen molar-refractivity contribution < 1.29 is 4.92 Å². The molecule has 1 unspecified atom stereocenters. The number of aromatic nitrogens is 2. The standard InChI is InChI=1S/C13H13Cl2N3O2/c1-8-5-9(2)18(16-8)13(7-17(19)20)11-4-3-10(14)6-12(11)15/h3-6,13H,7H2,1-2H3. The zero-order valence-electron chi connectivity index (χ0n) is 11.0. The van der Waals surface area contributed by atoms with E-state index in [0.717, 1.165) is 11.4 Å². The lowest BCUT2D eigenvalue weighted by molar-refractivity contribution is -0.484. The van der Waals surface area contributed by atoms with Crippen molar-refractivity contribution in [3.05, 3.63) is 61.4 Å². The van der Waals surface area contributed by atoms with E-state index in [2.05, 4.69) is 5.10 Å². The van der Waals surface area contributed by atoms with Crippen LogP contribution in [0.15, 0.2) is 24.3 Å². The van der Waals surface area contributed by atoms with Gasteiger partial charge in [0.15, 0.2) is 0 Å². The molecule has 0 radical (unpaired) electrons. The maximum atomic E-state index is 10.9. The summed E-state index contributed by atoms with van der Waals surface area (Å²) in [4.78, 5) is 10.6. The molecule has 0 saturated heterocycles. The highest BCUT2D eigenvalue weighted by molar-refractivity contribution is 6.35. The Morgan fingerprint density at radius 3 is 2.55 bits per heavy atom. The molecule has 1 aromatic carbocycles. The number of nitro groups is 1. The summed E-state index contributed by atoms with van der Waals surface area (Å²) in [6.07, 6.45) is 0. The van der Waals surface area contributed by atoms with Gasteiger partial charge in [-0.05, 0) is 32.0 Å². The smallest absolute Gasteiger partial charge is 0.230 e. The van der Waals surface area contributed by atoms with Crippen LogP contribution in [0.5, 0.6) is 0 Å². The monoisotopic (exact) mass is 313 g/mol. The minimum Gasteiger partial charge on any atom is -0.264 e. The summed E-state index contributed by atoms with van der Waals surface area (Å²) in [7, 11) is 0. The molecule has 0 aliphatic rings. The van der Waals surface area contributed by atoms with Gasteiger partial charge in [0.25, 0.3) is 0 Å². The second-order valence-corrected chi connectivity index (χ2v) is 5.41. The SMILES string of the molecule is Cc1cc(C)n(C(C[N+](=O)[O-])c2ccc(Cl)cc2Cl)n1. The first kappa shape index (κ1) is 14.8. The second-order valence-electron chi connectivity index (χ2n) is 4.57. The highest BCUT2D eigenvalue weighted by Crippen LogP contribution is 2.29. The fourth-order valence-electron chi connectivity index (χ4n) is 2.18. The van der Waals surface area contributed by atoms with Crippen molar-refractivity contribution >= 4 is 23.2 Å². The van der Waals surface area contributed by atoms with Gasteiger partial charge in [-0.2, -0.15) is 5.10 Å². The van der Waals surface area contributed by atoms with Gasteiger partial charge in [0.2, 0.25) is 6.54 Å². The van der Waals surface area contributed by atoms with Crippen molar-refractivity contribution in [1.29, 1.82) is 0 Å².